The summed E-state index contributed by atoms with van der Waals surface area (Å²) < 4.78 is 3.82. The van der Waals surface area contributed by atoms with E-state index in [2.05, 4.69) is 68.8 Å². The molecule has 0 saturated heterocycles. The van der Waals surface area contributed by atoms with Crippen LogP contribution < -0.4 is 5.32 Å². The average molecular weight is 350 g/mol. The first kappa shape index (κ1) is 11.6. The molecule has 86 valence electrons. The van der Waals surface area contributed by atoms with Crippen molar-refractivity contribution in [3.05, 3.63) is 21.4 Å². The van der Waals surface area contributed by atoms with Crippen molar-refractivity contribution in [1.29, 1.82) is 0 Å². The summed E-state index contributed by atoms with van der Waals surface area (Å²) in [7, 11) is 0. The van der Waals surface area contributed by atoms with E-state index in [1.165, 1.54) is 6.33 Å². The Kier molecular flexibility index (Phi) is 3.59. The Morgan fingerprint density at radius 2 is 2.31 bits per heavy atom. The summed E-state index contributed by atoms with van der Waals surface area (Å²) in [6, 6.07) is 0. The first-order valence-electron chi connectivity index (χ1n) is 4.72. The molecule has 0 bridgehead atoms. The van der Waals surface area contributed by atoms with Crippen molar-refractivity contribution in [2.75, 3.05) is 5.32 Å². The van der Waals surface area contributed by atoms with E-state index in [9.17, 15) is 0 Å². The molecule has 16 heavy (non-hydrogen) atoms. The molecule has 2 aromatic rings. The van der Waals surface area contributed by atoms with Crippen LogP contribution >= 0.6 is 31.9 Å². The van der Waals surface area contributed by atoms with Crippen LogP contribution in [0.25, 0.3) is 0 Å². The Labute approximate surface area is 109 Å². The SMILES string of the molecule is CCn1c(CNc2ncn[nH]2)nc(Br)c1Br. The van der Waals surface area contributed by atoms with Gasteiger partial charge in [0.2, 0.25) is 5.95 Å². The zero-order valence-electron chi connectivity index (χ0n) is 8.54. The predicted molar refractivity (Wildman–Crippen MR) is 67.0 cm³/mol. The van der Waals surface area contributed by atoms with Gasteiger partial charge in [0.05, 0.1) is 6.54 Å². The maximum Gasteiger partial charge on any atom is 0.218 e. The van der Waals surface area contributed by atoms with Gasteiger partial charge in [0.15, 0.2) is 0 Å². The minimum atomic E-state index is 0.591. The molecule has 0 aromatic carbocycles. The quantitative estimate of drug-likeness (QED) is 0.887. The van der Waals surface area contributed by atoms with E-state index in [1.54, 1.807) is 0 Å². The van der Waals surface area contributed by atoms with Crippen LogP contribution in [-0.4, -0.2) is 24.7 Å². The molecule has 2 aromatic heterocycles. The van der Waals surface area contributed by atoms with Crippen molar-refractivity contribution < 1.29 is 0 Å². The third-order valence-electron chi connectivity index (χ3n) is 2.09. The van der Waals surface area contributed by atoms with Crippen LogP contribution in [0.1, 0.15) is 12.7 Å². The maximum atomic E-state index is 4.39. The van der Waals surface area contributed by atoms with Gasteiger partial charge < -0.3 is 9.88 Å². The monoisotopic (exact) mass is 348 g/mol. The van der Waals surface area contributed by atoms with Crippen LogP contribution in [0.3, 0.4) is 0 Å². The molecule has 0 atom stereocenters. The molecular weight excluding hydrogens is 340 g/mol. The van der Waals surface area contributed by atoms with Crippen molar-refractivity contribution in [3.8, 4) is 0 Å². The average Bonchev–Trinajstić information content (AvgIpc) is 2.86. The maximum absolute atomic E-state index is 4.39. The van der Waals surface area contributed by atoms with E-state index in [4.69, 9.17) is 0 Å². The largest absolute Gasteiger partial charge is 0.347 e. The first-order chi connectivity index (χ1) is 7.72. The van der Waals surface area contributed by atoms with Crippen LogP contribution in [-0.2, 0) is 13.1 Å². The van der Waals surface area contributed by atoms with Crippen molar-refractivity contribution in [2.45, 2.75) is 20.0 Å². The molecule has 2 rings (SSSR count). The van der Waals surface area contributed by atoms with Gasteiger partial charge >= 0.3 is 0 Å². The molecule has 0 saturated carbocycles. The number of rotatable bonds is 4. The third-order valence-corrected chi connectivity index (χ3v) is 3.98. The number of hydrogen-bond donors (Lipinski definition) is 2. The molecule has 2 heterocycles. The Hall–Kier alpha value is -0.890. The highest BCUT2D eigenvalue weighted by molar-refractivity contribution is 9.13. The van der Waals surface area contributed by atoms with E-state index in [0.717, 1.165) is 21.6 Å². The summed E-state index contributed by atoms with van der Waals surface area (Å²) in [5.74, 6) is 1.57. The van der Waals surface area contributed by atoms with Crippen LogP contribution in [0.4, 0.5) is 5.95 Å². The molecule has 0 aliphatic rings. The van der Waals surface area contributed by atoms with Gasteiger partial charge in [-0.3, -0.25) is 0 Å². The van der Waals surface area contributed by atoms with Crippen molar-refractivity contribution >= 4 is 37.8 Å². The van der Waals surface area contributed by atoms with Gasteiger partial charge in [0.25, 0.3) is 0 Å². The van der Waals surface area contributed by atoms with Gasteiger partial charge in [-0.1, -0.05) is 0 Å². The second-order valence-corrected chi connectivity index (χ2v) is 4.54. The van der Waals surface area contributed by atoms with Crippen molar-refractivity contribution in [1.82, 2.24) is 24.7 Å². The number of hydrogen-bond acceptors (Lipinski definition) is 4. The topological polar surface area (TPSA) is 71.4 Å². The zero-order valence-corrected chi connectivity index (χ0v) is 11.7. The molecule has 0 radical (unpaired) electrons. The Morgan fingerprint density at radius 1 is 1.50 bits per heavy atom. The number of H-pyrrole nitrogens is 1. The smallest absolute Gasteiger partial charge is 0.218 e. The Balaban J connectivity index is 2.12. The van der Waals surface area contributed by atoms with E-state index in [1.807, 2.05) is 0 Å². The lowest BCUT2D eigenvalue weighted by Crippen LogP contribution is -2.08. The molecule has 8 heteroatoms. The molecule has 2 N–H and O–H groups in total. The number of nitrogens with one attached hydrogen (secondary N) is 2. The number of anilines is 1. The minimum absolute atomic E-state index is 0.591. The van der Waals surface area contributed by atoms with Crippen molar-refractivity contribution in [3.63, 3.8) is 0 Å². The number of halogens is 2. The lowest BCUT2D eigenvalue weighted by Gasteiger charge is -2.06. The van der Waals surface area contributed by atoms with Gasteiger partial charge in [0.1, 0.15) is 21.4 Å². The fourth-order valence-corrected chi connectivity index (χ4v) is 2.32. The van der Waals surface area contributed by atoms with Crippen LogP contribution in [0, 0.1) is 0 Å². The molecule has 0 aliphatic carbocycles. The third kappa shape index (κ3) is 2.27. The zero-order chi connectivity index (χ0) is 11.5. The highest BCUT2D eigenvalue weighted by atomic mass is 79.9. The predicted octanol–water partition coefficient (Wildman–Crippen LogP) is 2.16. The number of imidazole rings is 1. The van der Waals surface area contributed by atoms with E-state index in [0.29, 0.717) is 12.5 Å². The Morgan fingerprint density at radius 3 is 2.94 bits per heavy atom. The van der Waals surface area contributed by atoms with Gasteiger partial charge in [0, 0.05) is 6.54 Å². The van der Waals surface area contributed by atoms with Crippen LogP contribution in [0.15, 0.2) is 15.5 Å². The molecule has 6 nitrogen and oxygen atoms in total. The minimum Gasteiger partial charge on any atom is -0.347 e. The van der Waals surface area contributed by atoms with Gasteiger partial charge in [-0.25, -0.2) is 15.1 Å². The number of aromatic amines is 1. The number of aromatic nitrogens is 5. The second-order valence-electron chi connectivity index (χ2n) is 3.04. The van der Waals surface area contributed by atoms with Crippen LogP contribution in [0.2, 0.25) is 0 Å². The lowest BCUT2D eigenvalue weighted by atomic mass is 10.5. The summed E-state index contributed by atoms with van der Waals surface area (Å²) >= 11 is 6.85. The van der Waals surface area contributed by atoms with Crippen LogP contribution in [0.5, 0.6) is 0 Å². The molecule has 0 fully saturated rings. The van der Waals surface area contributed by atoms with E-state index in [-0.39, 0.29) is 0 Å². The normalized spacial score (nSPS) is 10.7. The number of nitrogens with zero attached hydrogens (tertiary/aromatic N) is 4. The lowest BCUT2D eigenvalue weighted by molar-refractivity contribution is 0.694. The highest BCUT2D eigenvalue weighted by Crippen LogP contribution is 2.24. The van der Waals surface area contributed by atoms with E-state index < -0.39 is 0 Å². The molecule has 0 amide bonds. The summed E-state index contributed by atoms with van der Waals surface area (Å²) in [6.07, 6.45) is 1.46. The fourth-order valence-electron chi connectivity index (χ4n) is 1.35. The summed E-state index contributed by atoms with van der Waals surface area (Å²) in [6.45, 7) is 3.51. The van der Waals surface area contributed by atoms with Gasteiger partial charge in [-0.05, 0) is 38.8 Å². The van der Waals surface area contributed by atoms with E-state index >= 15 is 0 Å². The van der Waals surface area contributed by atoms with Gasteiger partial charge in [-0.2, -0.15) is 5.10 Å². The highest BCUT2D eigenvalue weighted by Gasteiger charge is 2.11. The molecule has 0 spiro atoms. The molecule has 0 unspecified atom stereocenters. The second kappa shape index (κ2) is 4.96. The molecule has 0 aliphatic heterocycles. The summed E-state index contributed by atoms with van der Waals surface area (Å²) in [5.41, 5.74) is 0. The summed E-state index contributed by atoms with van der Waals surface area (Å²) in [4.78, 5) is 8.37. The fraction of sp³-hybridized carbons (Fsp3) is 0.375. The standard InChI is InChI=1S/C8H10Br2N6/c1-2-16-5(14-6(9)7(16)10)3-11-8-12-4-13-15-8/h4H,2-3H2,1H3,(H2,11,12,13,15). The Bertz CT molecular complexity index is 463. The van der Waals surface area contributed by atoms with Crippen molar-refractivity contribution in [2.24, 2.45) is 0 Å². The molecular formula is C8H10Br2N6. The summed E-state index contributed by atoms with van der Waals surface area (Å²) in [5, 5.41) is 9.59. The first-order valence-corrected chi connectivity index (χ1v) is 6.30. The van der Waals surface area contributed by atoms with Gasteiger partial charge in [-0.15, -0.1) is 0 Å².